The fraction of sp³-hybridized carbons (Fsp3) is 0.323. The quantitative estimate of drug-likeness (QED) is 0.235. The van der Waals surface area contributed by atoms with Gasteiger partial charge < -0.3 is 15.7 Å². The molecule has 0 saturated heterocycles. The maximum absolute atomic E-state index is 13.5. The Morgan fingerprint density at radius 2 is 1.63 bits per heavy atom. The highest BCUT2D eigenvalue weighted by Gasteiger charge is 2.23. The van der Waals surface area contributed by atoms with Crippen LogP contribution in [-0.4, -0.2) is 29.4 Å². The van der Waals surface area contributed by atoms with Crippen molar-refractivity contribution in [2.24, 2.45) is 0 Å². The fourth-order valence-corrected chi connectivity index (χ4v) is 5.25. The Hall–Kier alpha value is -3.58. The average Bonchev–Trinajstić information content (AvgIpc) is 2.92. The summed E-state index contributed by atoms with van der Waals surface area (Å²) in [5.74, 6) is -1.22. The van der Waals surface area contributed by atoms with Gasteiger partial charge in [-0.15, -0.1) is 12.6 Å². The van der Waals surface area contributed by atoms with Gasteiger partial charge in [-0.05, 0) is 72.2 Å². The van der Waals surface area contributed by atoms with E-state index in [1.807, 2.05) is 36.4 Å². The molecule has 1 aliphatic rings. The maximum Gasteiger partial charge on any atom is 0.305 e. The van der Waals surface area contributed by atoms with E-state index in [4.69, 9.17) is 5.11 Å². The number of hydrogen-bond acceptors (Lipinski definition) is 4. The molecule has 0 radical (unpaired) electrons. The van der Waals surface area contributed by atoms with Crippen LogP contribution in [0.1, 0.15) is 77.4 Å². The number of carbonyl (C=O) groups is 3. The standard InChI is InChI=1S/C31H34N2O4S/c34-29(35)17-18-32-30(36)25-11-9-21(10-12-25)19-28(31(37)33-26-7-4-8-27(38)20-26)24-15-13-23(14-16-24)22-5-2-1-3-6-22/h4,7-16,20,22,28,38H,1-3,5-6,17-19H2,(H,32,36)(H,33,37)(H,34,35). The van der Waals surface area contributed by atoms with E-state index in [-0.39, 0.29) is 24.8 Å². The average molecular weight is 531 g/mol. The molecule has 0 aliphatic heterocycles. The van der Waals surface area contributed by atoms with Crippen molar-refractivity contribution in [1.82, 2.24) is 5.32 Å². The first-order valence-electron chi connectivity index (χ1n) is 13.2. The van der Waals surface area contributed by atoms with Crippen molar-refractivity contribution in [3.8, 4) is 0 Å². The first-order valence-corrected chi connectivity index (χ1v) is 13.6. The van der Waals surface area contributed by atoms with Crippen LogP contribution in [0.5, 0.6) is 0 Å². The molecule has 38 heavy (non-hydrogen) atoms. The highest BCUT2D eigenvalue weighted by atomic mass is 32.1. The van der Waals surface area contributed by atoms with Crippen molar-refractivity contribution in [1.29, 1.82) is 0 Å². The summed E-state index contributed by atoms with van der Waals surface area (Å²) in [6, 6.07) is 23.0. The van der Waals surface area contributed by atoms with Crippen molar-refractivity contribution in [3.63, 3.8) is 0 Å². The van der Waals surface area contributed by atoms with Crippen LogP contribution in [0.15, 0.2) is 77.7 Å². The van der Waals surface area contributed by atoms with E-state index < -0.39 is 11.9 Å². The number of benzene rings is 3. The van der Waals surface area contributed by atoms with E-state index in [1.165, 1.54) is 37.7 Å². The van der Waals surface area contributed by atoms with E-state index in [0.29, 0.717) is 23.6 Å². The van der Waals surface area contributed by atoms with E-state index in [9.17, 15) is 14.4 Å². The number of rotatable bonds is 10. The lowest BCUT2D eigenvalue weighted by atomic mass is 9.83. The van der Waals surface area contributed by atoms with Gasteiger partial charge in [-0.3, -0.25) is 14.4 Å². The summed E-state index contributed by atoms with van der Waals surface area (Å²) in [5, 5.41) is 14.4. The van der Waals surface area contributed by atoms with Crippen LogP contribution in [0.3, 0.4) is 0 Å². The van der Waals surface area contributed by atoms with Crippen LogP contribution in [0.25, 0.3) is 0 Å². The summed E-state index contributed by atoms with van der Waals surface area (Å²) in [5.41, 5.74) is 4.35. The number of carboxylic acids is 1. The minimum atomic E-state index is -0.960. The molecule has 3 aromatic carbocycles. The number of anilines is 1. The smallest absolute Gasteiger partial charge is 0.305 e. The van der Waals surface area contributed by atoms with Gasteiger partial charge in [-0.2, -0.15) is 0 Å². The van der Waals surface area contributed by atoms with Crippen LogP contribution in [0.4, 0.5) is 5.69 Å². The molecule has 0 heterocycles. The highest BCUT2D eigenvalue weighted by molar-refractivity contribution is 7.80. The van der Waals surface area contributed by atoms with Crippen LogP contribution in [-0.2, 0) is 16.0 Å². The number of hydrogen-bond donors (Lipinski definition) is 4. The van der Waals surface area contributed by atoms with Crippen molar-refractivity contribution in [2.75, 3.05) is 11.9 Å². The van der Waals surface area contributed by atoms with Gasteiger partial charge in [0.15, 0.2) is 0 Å². The van der Waals surface area contributed by atoms with Gasteiger partial charge in [0.25, 0.3) is 5.91 Å². The minimum absolute atomic E-state index is 0.0719. The predicted octanol–water partition coefficient (Wildman–Crippen LogP) is 6.19. The third-order valence-electron chi connectivity index (χ3n) is 7.13. The van der Waals surface area contributed by atoms with E-state index in [0.717, 1.165) is 16.0 Å². The summed E-state index contributed by atoms with van der Waals surface area (Å²) in [7, 11) is 0. The zero-order valence-corrected chi connectivity index (χ0v) is 22.3. The second kappa shape index (κ2) is 13.3. The molecule has 3 N–H and O–H groups in total. The Morgan fingerprint density at radius 3 is 2.29 bits per heavy atom. The molecule has 6 nitrogen and oxygen atoms in total. The Balaban J connectivity index is 1.51. The molecule has 0 spiro atoms. The maximum atomic E-state index is 13.5. The molecule has 7 heteroatoms. The summed E-state index contributed by atoms with van der Waals surface area (Å²) in [6.45, 7) is 0.0719. The highest BCUT2D eigenvalue weighted by Crippen LogP contribution is 2.34. The Bertz CT molecular complexity index is 1250. The molecule has 3 aromatic rings. The van der Waals surface area contributed by atoms with Gasteiger partial charge in [-0.25, -0.2) is 0 Å². The molecule has 4 rings (SSSR count). The second-order valence-corrected chi connectivity index (χ2v) is 10.4. The summed E-state index contributed by atoms with van der Waals surface area (Å²) >= 11 is 4.38. The SMILES string of the molecule is O=C(O)CCNC(=O)c1ccc(CC(C(=O)Nc2cccc(S)c2)c2ccc(C3CCCCC3)cc2)cc1. The number of amides is 2. The predicted molar refractivity (Wildman–Crippen MR) is 152 cm³/mol. The number of nitrogens with one attached hydrogen (secondary N) is 2. The molecule has 1 atom stereocenters. The van der Waals surface area contributed by atoms with E-state index in [2.05, 4.69) is 47.5 Å². The molecule has 1 saturated carbocycles. The summed E-state index contributed by atoms with van der Waals surface area (Å²) < 4.78 is 0. The fourth-order valence-electron chi connectivity index (χ4n) is 5.02. The van der Waals surface area contributed by atoms with Gasteiger partial charge in [0, 0.05) is 22.7 Å². The number of carboxylic acid groups (broad SMARTS) is 1. The number of aliphatic carboxylic acids is 1. The van der Waals surface area contributed by atoms with Gasteiger partial charge in [0.2, 0.25) is 5.91 Å². The van der Waals surface area contributed by atoms with Gasteiger partial charge in [0.05, 0.1) is 12.3 Å². The zero-order chi connectivity index (χ0) is 26.9. The van der Waals surface area contributed by atoms with Crippen LogP contribution >= 0.6 is 12.6 Å². The summed E-state index contributed by atoms with van der Waals surface area (Å²) in [4.78, 5) is 37.3. The Labute approximate surface area is 229 Å². The summed E-state index contributed by atoms with van der Waals surface area (Å²) in [6.07, 6.45) is 6.64. The lowest BCUT2D eigenvalue weighted by Crippen LogP contribution is -2.26. The van der Waals surface area contributed by atoms with Gasteiger partial charge >= 0.3 is 5.97 Å². The van der Waals surface area contributed by atoms with E-state index >= 15 is 0 Å². The van der Waals surface area contributed by atoms with Crippen molar-refractivity contribution in [2.45, 2.75) is 61.7 Å². The molecule has 2 amide bonds. The number of thiol groups is 1. The Kier molecular flexibility index (Phi) is 9.60. The molecule has 0 bridgehead atoms. The molecule has 1 aliphatic carbocycles. The Morgan fingerprint density at radius 1 is 0.921 bits per heavy atom. The topological polar surface area (TPSA) is 95.5 Å². The van der Waals surface area contributed by atoms with Crippen LogP contribution in [0.2, 0.25) is 0 Å². The normalized spacial score (nSPS) is 14.4. The van der Waals surface area contributed by atoms with E-state index in [1.54, 1.807) is 12.1 Å². The lowest BCUT2D eigenvalue weighted by molar-refractivity contribution is -0.136. The molecule has 1 unspecified atom stereocenters. The largest absolute Gasteiger partial charge is 0.481 e. The first-order chi connectivity index (χ1) is 18.4. The molecule has 0 aromatic heterocycles. The van der Waals surface area contributed by atoms with Crippen molar-refractivity contribution < 1.29 is 19.5 Å². The zero-order valence-electron chi connectivity index (χ0n) is 21.4. The van der Waals surface area contributed by atoms with Crippen molar-refractivity contribution >= 4 is 36.1 Å². The third kappa shape index (κ3) is 7.71. The van der Waals surface area contributed by atoms with Crippen LogP contribution < -0.4 is 10.6 Å². The second-order valence-electron chi connectivity index (χ2n) is 9.89. The third-order valence-corrected chi connectivity index (χ3v) is 7.40. The molecular weight excluding hydrogens is 496 g/mol. The molecule has 1 fully saturated rings. The first kappa shape index (κ1) is 27.5. The van der Waals surface area contributed by atoms with Crippen molar-refractivity contribution in [3.05, 3.63) is 95.1 Å². The number of carbonyl (C=O) groups excluding carboxylic acids is 2. The van der Waals surface area contributed by atoms with Gasteiger partial charge in [-0.1, -0.05) is 61.7 Å². The monoisotopic (exact) mass is 530 g/mol. The molecule has 198 valence electrons. The minimum Gasteiger partial charge on any atom is -0.481 e. The van der Waals surface area contributed by atoms with Crippen LogP contribution in [0, 0.1) is 0 Å². The van der Waals surface area contributed by atoms with Gasteiger partial charge in [0.1, 0.15) is 0 Å². The lowest BCUT2D eigenvalue weighted by Gasteiger charge is -2.23. The molecular formula is C31H34N2O4S.